The number of hydrogen-bond acceptors (Lipinski definition) is 2. The van der Waals surface area contributed by atoms with Crippen molar-refractivity contribution < 1.29 is 9.18 Å². The molecule has 0 spiro atoms. The minimum absolute atomic E-state index is 0.262. The van der Waals surface area contributed by atoms with Gasteiger partial charge in [-0.1, -0.05) is 28.1 Å². The molecule has 0 aliphatic rings. The summed E-state index contributed by atoms with van der Waals surface area (Å²) in [6, 6.07) is 13.4. The third kappa shape index (κ3) is 4.04. The molecule has 3 aromatic rings. The molecule has 1 amide bonds. The Morgan fingerprint density at radius 1 is 1.22 bits per heavy atom. The van der Waals surface area contributed by atoms with Crippen LogP contribution in [0.1, 0.15) is 15.9 Å². The largest absolute Gasteiger partial charge is 0.322 e. The third-order valence-electron chi connectivity index (χ3n) is 3.24. The highest BCUT2D eigenvalue weighted by molar-refractivity contribution is 9.10. The summed E-state index contributed by atoms with van der Waals surface area (Å²) < 4.78 is 15.7. The second kappa shape index (κ2) is 6.75. The molecule has 0 aliphatic heterocycles. The van der Waals surface area contributed by atoms with Crippen LogP contribution in [0.3, 0.4) is 0 Å². The number of anilines is 1. The van der Waals surface area contributed by atoms with E-state index in [1.807, 2.05) is 41.2 Å². The molecule has 0 bridgehead atoms. The number of amides is 1. The van der Waals surface area contributed by atoms with E-state index in [1.165, 1.54) is 12.1 Å². The normalized spacial score (nSPS) is 10.5. The van der Waals surface area contributed by atoms with E-state index in [0.717, 1.165) is 5.56 Å². The minimum atomic E-state index is -0.459. The Morgan fingerprint density at radius 3 is 2.65 bits per heavy atom. The highest BCUT2D eigenvalue weighted by Gasteiger charge is 2.09. The van der Waals surface area contributed by atoms with Crippen LogP contribution in [0, 0.1) is 5.82 Å². The first-order chi connectivity index (χ1) is 11.1. The molecule has 6 heteroatoms. The summed E-state index contributed by atoms with van der Waals surface area (Å²) in [5.41, 5.74) is 1.98. The van der Waals surface area contributed by atoms with Crippen LogP contribution in [-0.2, 0) is 6.54 Å². The van der Waals surface area contributed by atoms with E-state index in [2.05, 4.69) is 26.3 Å². The summed E-state index contributed by atoms with van der Waals surface area (Å²) in [4.78, 5) is 12.1. The van der Waals surface area contributed by atoms with Crippen LogP contribution >= 0.6 is 15.9 Å². The zero-order valence-corrected chi connectivity index (χ0v) is 13.6. The van der Waals surface area contributed by atoms with Crippen LogP contribution in [0.2, 0.25) is 0 Å². The predicted molar refractivity (Wildman–Crippen MR) is 89.8 cm³/mol. The fourth-order valence-corrected chi connectivity index (χ4v) is 2.63. The Labute approximate surface area is 141 Å². The average molecular weight is 374 g/mol. The van der Waals surface area contributed by atoms with E-state index in [1.54, 1.807) is 12.3 Å². The fourth-order valence-electron chi connectivity index (χ4n) is 2.16. The van der Waals surface area contributed by atoms with Crippen molar-refractivity contribution in [2.24, 2.45) is 0 Å². The van der Waals surface area contributed by atoms with E-state index in [4.69, 9.17) is 0 Å². The summed E-state index contributed by atoms with van der Waals surface area (Å²) in [6.45, 7) is 0.665. The molecule has 116 valence electrons. The molecular weight excluding hydrogens is 361 g/mol. The predicted octanol–water partition coefficient (Wildman–Crippen LogP) is 4.09. The summed E-state index contributed by atoms with van der Waals surface area (Å²) in [5, 5.41) is 6.90. The molecule has 0 fully saturated rings. The highest BCUT2D eigenvalue weighted by Crippen LogP contribution is 2.17. The zero-order valence-electron chi connectivity index (χ0n) is 12.0. The first-order valence-corrected chi connectivity index (χ1v) is 7.73. The van der Waals surface area contributed by atoms with Gasteiger partial charge in [0.15, 0.2) is 0 Å². The number of hydrogen-bond donors (Lipinski definition) is 1. The topological polar surface area (TPSA) is 46.9 Å². The van der Waals surface area contributed by atoms with Gasteiger partial charge in [-0.3, -0.25) is 9.48 Å². The van der Waals surface area contributed by atoms with Crippen molar-refractivity contribution in [2.45, 2.75) is 6.54 Å². The maximum atomic E-state index is 13.3. The molecule has 0 unspecified atom stereocenters. The monoisotopic (exact) mass is 373 g/mol. The van der Waals surface area contributed by atoms with Gasteiger partial charge in [-0.05, 0) is 42.0 Å². The number of nitrogens with zero attached hydrogens (tertiary/aromatic N) is 2. The van der Waals surface area contributed by atoms with Crippen molar-refractivity contribution in [1.29, 1.82) is 0 Å². The van der Waals surface area contributed by atoms with Gasteiger partial charge in [0.05, 0.1) is 6.54 Å². The van der Waals surface area contributed by atoms with E-state index in [9.17, 15) is 9.18 Å². The number of benzene rings is 2. The number of nitrogens with one attached hydrogen (secondary N) is 1. The second-order valence-corrected chi connectivity index (χ2v) is 5.93. The van der Waals surface area contributed by atoms with Gasteiger partial charge in [0.2, 0.25) is 0 Å². The summed E-state index contributed by atoms with van der Waals surface area (Å²) in [6.07, 6.45) is 3.61. The van der Waals surface area contributed by atoms with Crippen LogP contribution in [0.25, 0.3) is 0 Å². The van der Waals surface area contributed by atoms with Crippen molar-refractivity contribution in [1.82, 2.24) is 9.78 Å². The molecule has 0 saturated carbocycles. The lowest BCUT2D eigenvalue weighted by atomic mass is 10.1. The molecule has 1 N–H and O–H groups in total. The van der Waals surface area contributed by atoms with E-state index in [-0.39, 0.29) is 11.5 Å². The fraction of sp³-hybridized carbons (Fsp3) is 0.0588. The lowest BCUT2D eigenvalue weighted by Crippen LogP contribution is -2.12. The lowest BCUT2D eigenvalue weighted by Gasteiger charge is -2.07. The van der Waals surface area contributed by atoms with E-state index < -0.39 is 5.82 Å². The van der Waals surface area contributed by atoms with Gasteiger partial charge in [0.1, 0.15) is 5.82 Å². The number of carbonyl (C=O) groups excluding carboxylic acids is 1. The van der Waals surface area contributed by atoms with Gasteiger partial charge < -0.3 is 5.32 Å². The maximum Gasteiger partial charge on any atom is 0.255 e. The van der Waals surface area contributed by atoms with Gasteiger partial charge in [0.25, 0.3) is 5.91 Å². The second-order valence-electron chi connectivity index (χ2n) is 5.01. The van der Waals surface area contributed by atoms with Gasteiger partial charge in [-0.2, -0.15) is 5.10 Å². The van der Waals surface area contributed by atoms with Crippen molar-refractivity contribution in [3.05, 3.63) is 82.3 Å². The molecule has 3 rings (SSSR count). The highest BCUT2D eigenvalue weighted by atomic mass is 79.9. The SMILES string of the molecule is O=C(Nc1ccc(Cn2cccn2)cc1)c1cc(F)cc(Br)c1. The van der Waals surface area contributed by atoms with Crippen LogP contribution in [0.15, 0.2) is 65.4 Å². The molecule has 0 aliphatic carbocycles. The molecule has 1 heterocycles. The summed E-state index contributed by atoms with van der Waals surface area (Å²) in [7, 11) is 0. The molecule has 0 atom stereocenters. The Hall–Kier alpha value is -2.47. The first kappa shape index (κ1) is 15.4. The van der Waals surface area contributed by atoms with Crippen LogP contribution < -0.4 is 5.32 Å². The molecule has 0 radical (unpaired) electrons. The van der Waals surface area contributed by atoms with Gasteiger partial charge in [-0.15, -0.1) is 0 Å². The molecule has 1 aromatic heterocycles. The quantitative estimate of drug-likeness (QED) is 0.748. The number of rotatable bonds is 4. The summed E-state index contributed by atoms with van der Waals surface area (Å²) >= 11 is 3.18. The molecular formula is C17H13BrFN3O. The van der Waals surface area contributed by atoms with Gasteiger partial charge in [0, 0.05) is 28.1 Å². The van der Waals surface area contributed by atoms with Crippen LogP contribution in [0.5, 0.6) is 0 Å². The first-order valence-electron chi connectivity index (χ1n) is 6.94. The van der Waals surface area contributed by atoms with Crippen molar-refractivity contribution in [2.75, 3.05) is 5.32 Å². The smallest absolute Gasteiger partial charge is 0.255 e. The minimum Gasteiger partial charge on any atom is -0.322 e. The Bertz CT molecular complexity index is 796. The lowest BCUT2D eigenvalue weighted by molar-refractivity contribution is 0.102. The van der Waals surface area contributed by atoms with Crippen LogP contribution in [-0.4, -0.2) is 15.7 Å². The van der Waals surface area contributed by atoms with E-state index >= 15 is 0 Å². The van der Waals surface area contributed by atoms with Gasteiger partial charge >= 0.3 is 0 Å². The number of halogens is 2. The van der Waals surface area contributed by atoms with Crippen molar-refractivity contribution in [3.63, 3.8) is 0 Å². The molecule has 0 saturated heterocycles. The summed E-state index contributed by atoms with van der Waals surface area (Å²) in [5.74, 6) is -0.816. The Morgan fingerprint density at radius 2 is 2.00 bits per heavy atom. The average Bonchev–Trinajstić information content (AvgIpc) is 3.01. The number of carbonyl (C=O) groups is 1. The molecule has 4 nitrogen and oxygen atoms in total. The maximum absolute atomic E-state index is 13.3. The van der Waals surface area contributed by atoms with Crippen molar-refractivity contribution in [3.8, 4) is 0 Å². The van der Waals surface area contributed by atoms with Crippen molar-refractivity contribution >= 4 is 27.5 Å². The van der Waals surface area contributed by atoms with E-state index in [0.29, 0.717) is 16.7 Å². The Balaban J connectivity index is 1.69. The Kier molecular flexibility index (Phi) is 4.52. The standard InChI is InChI=1S/C17H13BrFN3O/c18-14-8-13(9-15(19)10-14)17(23)21-16-4-2-12(3-5-16)11-22-7-1-6-20-22/h1-10H,11H2,(H,21,23). The van der Waals surface area contributed by atoms with Gasteiger partial charge in [-0.25, -0.2) is 4.39 Å². The third-order valence-corrected chi connectivity index (χ3v) is 3.70. The molecule has 23 heavy (non-hydrogen) atoms. The van der Waals surface area contributed by atoms with Crippen LogP contribution in [0.4, 0.5) is 10.1 Å². The zero-order chi connectivity index (χ0) is 16.2. The molecule has 2 aromatic carbocycles. The number of aromatic nitrogens is 2.